The lowest BCUT2D eigenvalue weighted by atomic mass is 9.93. The lowest BCUT2D eigenvalue weighted by Crippen LogP contribution is -2.48. The largest absolute Gasteiger partial charge is 0.480 e. The van der Waals surface area contributed by atoms with E-state index in [1.54, 1.807) is 0 Å². The second kappa shape index (κ2) is 8.26. The maximum absolute atomic E-state index is 12.5. The predicted molar refractivity (Wildman–Crippen MR) is 86.5 cm³/mol. The minimum atomic E-state index is -1.06. The summed E-state index contributed by atoms with van der Waals surface area (Å²) in [4.78, 5) is 28.1. The number of carbonyl (C=O) groups excluding carboxylic acids is 1. The first-order chi connectivity index (χ1) is 12.1. The highest BCUT2D eigenvalue weighted by Crippen LogP contribution is 2.19. The molecule has 8 nitrogen and oxygen atoms in total. The van der Waals surface area contributed by atoms with Crippen molar-refractivity contribution in [3.05, 3.63) is 23.9 Å². The van der Waals surface area contributed by atoms with Crippen molar-refractivity contribution in [2.24, 2.45) is 5.92 Å². The van der Waals surface area contributed by atoms with Crippen molar-refractivity contribution in [1.29, 1.82) is 0 Å². The molecule has 0 radical (unpaired) electrons. The van der Waals surface area contributed by atoms with Gasteiger partial charge in [0.1, 0.15) is 12.1 Å². The van der Waals surface area contributed by atoms with Crippen LogP contribution in [0, 0.1) is 5.92 Å². The molecule has 2 N–H and O–H groups in total. The Kier molecular flexibility index (Phi) is 5.83. The van der Waals surface area contributed by atoms with Gasteiger partial charge in [0.2, 0.25) is 5.88 Å². The average Bonchev–Trinajstić information content (AvgIpc) is 3.13. The molecule has 1 aromatic rings. The number of nitrogens with zero attached hydrogens (tertiary/aromatic N) is 1. The Morgan fingerprint density at radius 3 is 2.80 bits per heavy atom. The first-order valence-electron chi connectivity index (χ1n) is 8.45. The van der Waals surface area contributed by atoms with Crippen LogP contribution in [0.4, 0.5) is 0 Å². The topological polar surface area (TPSA) is 107 Å². The number of hydrogen-bond acceptors (Lipinski definition) is 6. The third kappa shape index (κ3) is 4.67. The molecule has 1 aromatic heterocycles. The highest BCUT2D eigenvalue weighted by molar-refractivity contribution is 5.96. The van der Waals surface area contributed by atoms with E-state index >= 15 is 0 Å². The van der Waals surface area contributed by atoms with Crippen molar-refractivity contribution in [1.82, 2.24) is 10.3 Å². The van der Waals surface area contributed by atoms with Gasteiger partial charge in [-0.2, -0.15) is 0 Å². The van der Waals surface area contributed by atoms with Crippen LogP contribution in [0.1, 0.15) is 29.6 Å². The van der Waals surface area contributed by atoms with Gasteiger partial charge < -0.3 is 24.6 Å². The van der Waals surface area contributed by atoms with Gasteiger partial charge in [-0.1, -0.05) is 0 Å². The number of nitrogens with one attached hydrogen (secondary N) is 1. The second-order valence-electron chi connectivity index (χ2n) is 6.25. The number of amides is 1. The maximum atomic E-state index is 12.5. The fourth-order valence-electron chi connectivity index (χ4n) is 3.03. The van der Waals surface area contributed by atoms with E-state index in [0.717, 1.165) is 12.8 Å². The Bertz CT molecular complexity index is 611. The summed E-state index contributed by atoms with van der Waals surface area (Å²) in [6.07, 6.45) is 3.68. The van der Waals surface area contributed by atoms with Crippen LogP contribution in [0.15, 0.2) is 18.3 Å². The van der Waals surface area contributed by atoms with E-state index in [9.17, 15) is 14.7 Å². The van der Waals surface area contributed by atoms with E-state index in [0.29, 0.717) is 44.3 Å². The van der Waals surface area contributed by atoms with Crippen LogP contribution in [0.2, 0.25) is 0 Å². The summed E-state index contributed by atoms with van der Waals surface area (Å²) in [5.74, 6) is -1.43. The molecule has 3 heterocycles. The van der Waals surface area contributed by atoms with E-state index in [1.165, 1.54) is 18.3 Å². The Morgan fingerprint density at radius 1 is 1.28 bits per heavy atom. The van der Waals surface area contributed by atoms with E-state index in [1.807, 2.05) is 0 Å². The summed E-state index contributed by atoms with van der Waals surface area (Å²) >= 11 is 0. The Balaban J connectivity index is 1.65. The fourth-order valence-corrected chi connectivity index (χ4v) is 3.03. The van der Waals surface area contributed by atoms with Crippen molar-refractivity contribution in [3.63, 3.8) is 0 Å². The first kappa shape index (κ1) is 17.6. The molecule has 0 aromatic carbocycles. The zero-order chi connectivity index (χ0) is 17.6. The number of rotatable bonds is 6. The molecule has 3 atom stereocenters. The third-order valence-electron chi connectivity index (χ3n) is 4.39. The monoisotopic (exact) mass is 350 g/mol. The van der Waals surface area contributed by atoms with Gasteiger partial charge in [0.15, 0.2) is 0 Å². The quantitative estimate of drug-likeness (QED) is 0.783. The molecule has 0 saturated carbocycles. The molecule has 1 amide bonds. The molecule has 2 saturated heterocycles. The molecular formula is C17H22N2O6. The normalized spacial score (nSPS) is 24.5. The number of carbonyl (C=O) groups is 2. The molecule has 0 bridgehead atoms. The number of aromatic nitrogens is 1. The zero-order valence-corrected chi connectivity index (χ0v) is 13.8. The summed E-state index contributed by atoms with van der Waals surface area (Å²) in [6, 6.07) is 2.07. The Labute approximate surface area is 145 Å². The van der Waals surface area contributed by atoms with E-state index in [-0.39, 0.29) is 12.0 Å². The van der Waals surface area contributed by atoms with Gasteiger partial charge in [0.05, 0.1) is 19.8 Å². The molecule has 2 aliphatic heterocycles. The highest BCUT2D eigenvalue weighted by Gasteiger charge is 2.31. The van der Waals surface area contributed by atoms with Gasteiger partial charge in [-0.25, -0.2) is 9.78 Å². The van der Waals surface area contributed by atoms with Crippen molar-refractivity contribution in [3.8, 4) is 5.88 Å². The van der Waals surface area contributed by atoms with Crippen LogP contribution in [0.5, 0.6) is 5.88 Å². The molecule has 2 aliphatic rings. The number of carboxylic acids is 1. The van der Waals surface area contributed by atoms with Crippen LogP contribution in [0.3, 0.4) is 0 Å². The van der Waals surface area contributed by atoms with Crippen molar-refractivity contribution < 1.29 is 28.9 Å². The van der Waals surface area contributed by atoms with Gasteiger partial charge in [-0.05, 0) is 18.9 Å². The lowest BCUT2D eigenvalue weighted by molar-refractivity contribution is -0.142. The Hall–Kier alpha value is -2.19. The molecular weight excluding hydrogens is 328 g/mol. The fraction of sp³-hybridized carbons (Fsp3) is 0.588. The molecule has 3 rings (SSSR count). The van der Waals surface area contributed by atoms with Crippen LogP contribution in [0.25, 0.3) is 0 Å². The average molecular weight is 350 g/mol. The summed E-state index contributed by atoms with van der Waals surface area (Å²) < 4.78 is 16.3. The number of ether oxygens (including phenoxy) is 3. The highest BCUT2D eigenvalue weighted by atomic mass is 16.5. The predicted octanol–water partition coefficient (Wildman–Crippen LogP) is 0.859. The van der Waals surface area contributed by atoms with Crippen molar-refractivity contribution >= 4 is 11.9 Å². The van der Waals surface area contributed by atoms with Gasteiger partial charge in [-0.15, -0.1) is 0 Å². The van der Waals surface area contributed by atoms with Crippen LogP contribution >= 0.6 is 0 Å². The van der Waals surface area contributed by atoms with Gasteiger partial charge in [-0.3, -0.25) is 4.79 Å². The van der Waals surface area contributed by atoms with Crippen LogP contribution in [-0.2, 0) is 14.3 Å². The molecule has 2 fully saturated rings. The maximum Gasteiger partial charge on any atom is 0.326 e. The van der Waals surface area contributed by atoms with Gasteiger partial charge in [0.25, 0.3) is 5.91 Å². The summed E-state index contributed by atoms with van der Waals surface area (Å²) in [5, 5.41) is 12.0. The van der Waals surface area contributed by atoms with E-state index < -0.39 is 17.9 Å². The van der Waals surface area contributed by atoms with Crippen molar-refractivity contribution in [2.45, 2.75) is 31.4 Å². The van der Waals surface area contributed by atoms with E-state index in [4.69, 9.17) is 14.2 Å². The minimum absolute atomic E-state index is 0.0723. The standard InChI is InChI=1S/C17H22N2O6/c20-16(19-15(17(21)22)12-2-1-6-23-9-12)11-3-5-18-14(8-11)25-13-4-7-24-10-13/h3,5,8,12-13,15H,1-2,4,6-7,9-10H2,(H,19,20)(H,21,22). The number of carboxylic acid groups (broad SMARTS) is 1. The SMILES string of the molecule is O=C(NC(C(=O)O)C1CCCOC1)c1ccnc(OC2CCOC2)c1. The molecule has 0 spiro atoms. The molecule has 136 valence electrons. The van der Waals surface area contributed by atoms with Gasteiger partial charge >= 0.3 is 5.97 Å². The number of hydrogen-bond donors (Lipinski definition) is 2. The zero-order valence-electron chi connectivity index (χ0n) is 13.8. The summed E-state index contributed by atoms with van der Waals surface area (Å²) in [7, 11) is 0. The number of aliphatic carboxylic acids is 1. The molecule has 25 heavy (non-hydrogen) atoms. The molecule has 0 aliphatic carbocycles. The summed E-state index contributed by atoms with van der Waals surface area (Å²) in [6.45, 7) is 2.12. The molecule has 8 heteroatoms. The minimum Gasteiger partial charge on any atom is -0.480 e. The van der Waals surface area contributed by atoms with Crippen molar-refractivity contribution in [2.75, 3.05) is 26.4 Å². The smallest absolute Gasteiger partial charge is 0.326 e. The third-order valence-corrected chi connectivity index (χ3v) is 4.39. The van der Waals surface area contributed by atoms with Crippen LogP contribution in [-0.4, -0.2) is 60.5 Å². The van der Waals surface area contributed by atoms with Gasteiger partial charge in [0, 0.05) is 36.8 Å². The number of pyridine rings is 1. The Morgan fingerprint density at radius 2 is 2.12 bits per heavy atom. The molecule has 3 unspecified atom stereocenters. The van der Waals surface area contributed by atoms with Crippen LogP contribution < -0.4 is 10.1 Å². The lowest BCUT2D eigenvalue weighted by Gasteiger charge is -2.28. The van der Waals surface area contributed by atoms with E-state index in [2.05, 4.69) is 10.3 Å². The second-order valence-corrected chi connectivity index (χ2v) is 6.25. The first-order valence-corrected chi connectivity index (χ1v) is 8.45. The summed E-state index contributed by atoms with van der Waals surface area (Å²) in [5.41, 5.74) is 0.312.